The van der Waals surface area contributed by atoms with Crippen molar-refractivity contribution >= 4 is 16.1 Å². The summed E-state index contributed by atoms with van der Waals surface area (Å²) in [7, 11) is -3.50. The SMILES string of the molecule is CCS(=O)(=O)OCCOC(=O)C(C)(CC(C)(C)C)C(C)(C)C. The van der Waals surface area contributed by atoms with E-state index in [4.69, 9.17) is 8.92 Å². The largest absolute Gasteiger partial charge is 0.463 e. The van der Waals surface area contributed by atoms with Crippen molar-refractivity contribution in [1.82, 2.24) is 0 Å². The van der Waals surface area contributed by atoms with Crippen LogP contribution in [0, 0.1) is 16.2 Å². The third kappa shape index (κ3) is 6.65. The lowest BCUT2D eigenvalue weighted by atomic mass is 9.61. The maximum Gasteiger partial charge on any atom is 0.312 e. The fourth-order valence-corrected chi connectivity index (χ4v) is 2.73. The van der Waals surface area contributed by atoms with Crippen LogP contribution in [0.4, 0.5) is 0 Å². The monoisotopic (exact) mass is 336 g/mol. The van der Waals surface area contributed by atoms with Crippen LogP contribution in [0.15, 0.2) is 0 Å². The van der Waals surface area contributed by atoms with E-state index in [1.807, 2.05) is 27.7 Å². The Morgan fingerprint density at radius 2 is 1.45 bits per heavy atom. The molecule has 0 bridgehead atoms. The number of rotatable bonds is 7. The van der Waals surface area contributed by atoms with E-state index in [0.29, 0.717) is 6.42 Å². The summed E-state index contributed by atoms with van der Waals surface area (Å²) in [6, 6.07) is 0. The van der Waals surface area contributed by atoms with Crippen molar-refractivity contribution in [3.05, 3.63) is 0 Å². The second-order valence-electron chi connectivity index (χ2n) is 8.12. The Labute approximate surface area is 135 Å². The van der Waals surface area contributed by atoms with Crippen molar-refractivity contribution < 1.29 is 22.1 Å². The molecule has 132 valence electrons. The zero-order chi connectivity index (χ0) is 17.8. The third-order valence-corrected chi connectivity index (χ3v) is 5.16. The first-order valence-corrected chi connectivity index (χ1v) is 9.27. The van der Waals surface area contributed by atoms with Crippen LogP contribution in [-0.2, 0) is 23.8 Å². The van der Waals surface area contributed by atoms with Crippen LogP contribution in [0.5, 0.6) is 0 Å². The summed E-state index contributed by atoms with van der Waals surface area (Å²) in [5.41, 5.74) is -0.953. The number of esters is 1. The summed E-state index contributed by atoms with van der Waals surface area (Å²) in [6.45, 7) is 15.5. The number of ether oxygens (including phenoxy) is 1. The molecule has 0 fully saturated rings. The molecule has 0 aliphatic heterocycles. The van der Waals surface area contributed by atoms with Gasteiger partial charge in [-0.05, 0) is 31.1 Å². The Bertz CT molecular complexity index is 468. The van der Waals surface area contributed by atoms with Gasteiger partial charge in [0.15, 0.2) is 0 Å². The van der Waals surface area contributed by atoms with Crippen LogP contribution >= 0.6 is 0 Å². The Balaban J connectivity index is 4.82. The Hall–Kier alpha value is -0.620. The van der Waals surface area contributed by atoms with E-state index in [-0.39, 0.29) is 35.8 Å². The molecule has 1 atom stereocenters. The molecule has 0 aliphatic carbocycles. The molecule has 1 unspecified atom stereocenters. The average molecular weight is 336 g/mol. The van der Waals surface area contributed by atoms with Gasteiger partial charge in [0, 0.05) is 0 Å². The quantitative estimate of drug-likeness (QED) is 0.405. The summed E-state index contributed by atoms with van der Waals surface area (Å²) in [5, 5.41) is 0. The van der Waals surface area contributed by atoms with E-state index in [2.05, 4.69) is 20.8 Å². The molecule has 0 aromatic carbocycles. The molecule has 0 radical (unpaired) electrons. The van der Waals surface area contributed by atoms with Crippen LogP contribution in [0.25, 0.3) is 0 Å². The van der Waals surface area contributed by atoms with Crippen molar-refractivity contribution in [2.75, 3.05) is 19.0 Å². The van der Waals surface area contributed by atoms with E-state index < -0.39 is 15.5 Å². The minimum atomic E-state index is -3.50. The zero-order valence-electron chi connectivity index (χ0n) is 15.3. The molecule has 0 saturated carbocycles. The molecule has 0 saturated heterocycles. The summed E-state index contributed by atoms with van der Waals surface area (Å²) in [5.74, 6) is -0.405. The van der Waals surface area contributed by atoms with Crippen molar-refractivity contribution in [2.45, 2.75) is 61.8 Å². The Morgan fingerprint density at radius 3 is 1.82 bits per heavy atom. The summed E-state index contributed by atoms with van der Waals surface area (Å²) in [4.78, 5) is 12.6. The lowest BCUT2D eigenvalue weighted by Crippen LogP contribution is -2.44. The summed E-state index contributed by atoms with van der Waals surface area (Å²) in [6.07, 6.45) is 0.677. The van der Waals surface area contributed by atoms with Crippen LogP contribution in [0.1, 0.15) is 61.8 Å². The predicted molar refractivity (Wildman–Crippen MR) is 88.0 cm³/mol. The molecule has 0 spiro atoms. The highest BCUT2D eigenvalue weighted by atomic mass is 32.2. The zero-order valence-corrected chi connectivity index (χ0v) is 16.1. The first-order chi connectivity index (χ1) is 9.65. The van der Waals surface area contributed by atoms with E-state index in [1.54, 1.807) is 0 Å². The van der Waals surface area contributed by atoms with Gasteiger partial charge in [-0.25, -0.2) is 0 Å². The van der Waals surface area contributed by atoms with Gasteiger partial charge in [0.2, 0.25) is 0 Å². The van der Waals surface area contributed by atoms with E-state index >= 15 is 0 Å². The minimum Gasteiger partial charge on any atom is -0.463 e. The first-order valence-electron chi connectivity index (χ1n) is 7.69. The first kappa shape index (κ1) is 21.4. The minimum absolute atomic E-state index is 0.0247. The standard InChI is InChI=1S/C16H32O5S/c1-9-22(18,19)21-11-10-20-13(17)16(8,15(5,6)7)12-14(2,3)4/h9-12H2,1-8H3. The topological polar surface area (TPSA) is 69.7 Å². The van der Waals surface area contributed by atoms with E-state index in [0.717, 1.165) is 0 Å². The Morgan fingerprint density at radius 1 is 0.955 bits per heavy atom. The Kier molecular flexibility index (Phi) is 7.09. The highest BCUT2D eigenvalue weighted by Crippen LogP contribution is 2.47. The maximum absolute atomic E-state index is 12.6. The number of carbonyl (C=O) groups excluding carboxylic acids is 1. The molecule has 0 amide bonds. The molecule has 0 rings (SSSR count). The van der Waals surface area contributed by atoms with Gasteiger partial charge in [-0.15, -0.1) is 0 Å². The third-order valence-electron chi connectivity index (χ3n) is 3.92. The van der Waals surface area contributed by atoms with Gasteiger partial charge in [0.25, 0.3) is 10.1 Å². The molecular weight excluding hydrogens is 304 g/mol. The second kappa shape index (κ2) is 7.30. The molecular formula is C16H32O5S. The lowest BCUT2D eigenvalue weighted by molar-refractivity contribution is -0.165. The molecule has 0 heterocycles. The highest BCUT2D eigenvalue weighted by Gasteiger charge is 2.47. The molecule has 0 aliphatic rings. The van der Waals surface area contributed by atoms with Crippen molar-refractivity contribution in [3.63, 3.8) is 0 Å². The van der Waals surface area contributed by atoms with E-state index in [9.17, 15) is 13.2 Å². The van der Waals surface area contributed by atoms with Crippen LogP contribution in [-0.4, -0.2) is 33.4 Å². The second-order valence-corrected chi connectivity index (χ2v) is 10.1. The molecule has 5 nitrogen and oxygen atoms in total. The number of carbonyl (C=O) groups is 1. The van der Waals surface area contributed by atoms with Crippen molar-refractivity contribution in [1.29, 1.82) is 0 Å². The number of hydrogen-bond acceptors (Lipinski definition) is 5. The summed E-state index contributed by atoms with van der Waals surface area (Å²) >= 11 is 0. The van der Waals surface area contributed by atoms with E-state index in [1.165, 1.54) is 6.92 Å². The van der Waals surface area contributed by atoms with Gasteiger partial charge in [-0.1, -0.05) is 41.5 Å². The molecule has 22 heavy (non-hydrogen) atoms. The van der Waals surface area contributed by atoms with Gasteiger partial charge in [0.05, 0.1) is 11.2 Å². The van der Waals surface area contributed by atoms with Gasteiger partial charge >= 0.3 is 5.97 Å². The highest BCUT2D eigenvalue weighted by molar-refractivity contribution is 7.86. The van der Waals surface area contributed by atoms with Crippen molar-refractivity contribution in [2.24, 2.45) is 16.2 Å². The molecule has 0 aromatic heterocycles. The maximum atomic E-state index is 12.6. The summed E-state index contributed by atoms with van der Waals surface area (Å²) < 4.78 is 32.5. The van der Waals surface area contributed by atoms with Crippen LogP contribution in [0.2, 0.25) is 0 Å². The predicted octanol–water partition coefficient (Wildman–Crippen LogP) is 3.38. The smallest absolute Gasteiger partial charge is 0.312 e. The number of hydrogen-bond donors (Lipinski definition) is 0. The van der Waals surface area contributed by atoms with Gasteiger partial charge in [0.1, 0.15) is 13.2 Å². The average Bonchev–Trinajstić information content (AvgIpc) is 2.30. The molecule has 0 N–H and O–H groups in total. The molecule has 6 heteroatoms. The molecule has 0 aromatic rings. The fraction of sp³-hybridized carbons (Fsp3) is 0.938. The van der Waals surface area contributed by atoms with Gasteiger partial charge in [-0.3, -0.25) is 8.98 Å². The normalized spacial score (nSPS) is 16.2. The van der Waals surface area contributed by atoms with Gasteiger partial charge in [-0.2, -0.15) is 8.42 Å². The fourth-order valence-electron chi connectivity index (χ4n) is 2.24. The van der Waals surface area contributed by atoms with Crippen LogP contribution < -0.4 is 0 Å². The van der Waals surface area contributed by atoms with Gasteiger partial charge < -0.3 is 4.74 Å². The lowest BCUT2D eigenvalue weighted by Gasteiger charge is -2.43. The van der Waals surface area contributed by atoms with Crippen molar-refractivity contribution in [3.8, 4) is 0 Å². The van der Waals surface area contributed by atoms with Crippen LogP contribution in [0.3, 0.4) is 0 Å².